The van der Waals surface area contributed by atoms with E-state index in [2.05, 4.69) is 15.1 Å². The first-order chi connectivity index (χ1) is 23.4. The summed E-state index contributed by atoms with van der Waals surface area (Å²) in [7, 11) is 0. The summed E-state index contributed by atoms with van der Waals surface area (Å²) in [5.74, 6) is -1.79. The van der Waals surface area contributed by atoms with Crippen LogP contribution in [0.5, 0.6) is 5.75 Å². The van der Waals surface area contributed by atoms with Gasteiger partial charge >= 0.3 is 12.2 Å². The minimum atomic E-state index is -4.84. The topological polar surface area (TPSA) is 99.7 Å². The van der Waals surface area contributed by atoms with Gasteiger partial charge in [-0.25, -0.2) is 4.79 Å². The van der Waals surface area contributed by atoms with Gasteiger partial charge in [-0.15, -0.1) is 11.3 Å². The Bertz CT molecular complexity index is 1570. The van der Waals surface area contributed by atoms with Crippen LogP contribution in [0.15, 0.2) is 23.6 Å². The Labute approximate surface area is 292 Å². The summed E-state index contributed by atoms with van der Waals surface area (Å²) in [6.07, 6.45) is -1.57. The standard InChI is InChI=1S/C34H42ClF3N6O4S/c35-27-17-21(16-26(30(27)46)34(36,37)38)15-24(32(47)43-12-10-41(11-13-43)28-20-40-6-1-22(28)2-7-40)18-29(45)42-8-3-25(4-9-42)44-19-23-5-14-49-31(23)39-33(44)48/h5,14,16-17,22,24-25,28,46H,1-4,6-13,15,18-20H2,(H,39,48)/t24-,28?/m0/s1. The van der Waals surface area contributed by atoms with Crippen molar-refractivity contribution >= 4 is 45.8 Å². The van der Waals surface area contributed by atoms with Gasteiger partial charge in [0.25, 0.3) is 0 Å². The van der Waals surface area contributed by atoms with Gasteiger partial charge in [0.15, 0.2) is 0 Å². The maximum Gasteiger partial charge on any atom is 0.420 e. The molecule has 0 spiro atoms. The van der Waals surface area contributed by atoms with Gasteiger partial charge in [0.1, 0.15) is 10.8 Å². The third kappa shape index (κ3) is 7.24. The number of halogens is 4. The minimum Gasteiger partial charge on any atom is -0.506 e. The van der Waals surface area contributed by atoms with E-state index in [0.717, 1.165) is 49.4 Å². The van der Waals surface area contributed by atoms with Gasteiger partial charge in [0.05, 0.1) is 23.0 Å². The lowest BCUT2D eigenvalue weighted by atomic mass is 9.83. The number of phenolic OH excluding ortho intramolecular Hbond substituents is 1. The molecule has 6 aliphatic rings. The van der Waals surface area contributed by atoms with Crippen LogP contribution in [0.1, 0.15) is 48.8 Å². The molecule has 266 valence electrons. The lowest BCUT2D eigenvalue weighted by molar-refractivity contribution is -0.143. The lowest BCUT2D eigenvalue weighted by Crippen LogP contribution is -2.61. The molecule has 5 saturated heterocycles. The number of carbonyl (C=O) groups is 3. The van der Waals surface area contributed by atoms with E-state index in [4.69, 9.17) is 11.6 Å². The number of anilines is 1. The summed E-state index contributed by atoms with van der Waals surface area (Å²) < 4.78 is 41.3. The van der Waals surface area contributed by atoms with Crippen molar-refractivity contribution in [3.63, 3.8) is 0 Å². The second kappa shape index (κ2) is 13.9. The number of alkyl halides is 3. The molecule has 2 atom stereocenters. The van der Waals surface area contributed by atoms with Gasteiger partial charge in [-0.1, -0.05) is 11.6 Å². The van der Waals surface area contributed by atoms with E-state index in [1.165, 1.54) is 30.2 Å². The van der Waals surface area contributed by atoms with Gasteiger partial charge in [0.2, 0.25) is 11.8 Å². The van der Waals surface area contributed by atoms with Crippen molar-refractivity contribution in [1.82, 2.24) is 24.5 Å². The minimum absolute atomic E-state index is 0.0399. The second-order valence-corrected chi connectivity index (χ2v) is 15.4. The van der Waals surface area contributed by atoms with Crippen LogP contribution in [0.4, 0.5) is 23.0 Å². The van der Waals surface area contributed by atoms with Crippen LogP contribution in [0.25, 0.3) is 0 Å². The SMILES string of the molecule is O=C(C[C@H](Cc1cc(Cl)c(O)c(C(F)(F)F)c1)C(=O)N1CCN(C2CN3CCC2CC3)CC1)N1CCC(N2Cc3ccsc3NC2=O)CC1. The smallest absolute Gasteiger partial charge is 0.420 e. The van der Waals surface area contributed by atoms with E-state index < -0.39 is 28.4 Å². The van der Waals surface area contributed by atoms with E-state index in [-0.39, 0.29) is 42.3 Å². The Kier molecular flexibility index (Phi) is 9.77. The number of amides is 4. The predicted molar refractivity (Wildman–Crippen MR) is 180 cm³/mol. The number of likely N-dealkylation sites (tertiary alicyclic amines) is 1. The largest absolute Gasteiger partial charge is 0.506 e. The molecule has 0 radical (unpaired) electrons. The quantitative estimate of drug-likeness (QED) is 0.420. The van der Waals surface area contributed by atoms with E-state index in [1.54, 1.807) is 9.80 Å². The molecule has 10 nitrogen and oxygen atoms in total. The third-order valence-corrected chi connectivity index (χ3v) is 12.4. The molecule has 49 heavy (non-hydrogen) atoms. The number of piperazine rings is 1. The first-order valence-corrected chi connectivity index (χ1v) is 18.5. The fraction of sp³-hybridized carbons (Fsp3) is 0.618. The number of phenols is 1. The molecule has 4 amide bonds. The van der Waals surface area contributed by atoms with E-state index in [1.807, 2.05) is 16.3 Å². The Morgan fingerprint density at radius 2 is 1.71 bits per heavy atom. The number of carbonyl (C=O) groups excluding carboxylic acids is 3. The number of hydrogen-bond acceptors (Lipinski definition) is 7. The van der Waals surface area contributed by atoms with E-state index in [9.17, 15) is 32.7 Å². The number of nitrogens with zero attached hydrogens (tertiary/aromatic N) is 5. The zero-order valence-corrected chi connectivity index (χ0v) is 28.8. The molecule has 1 unspecified atom stereocenters. The van der Waals surface area contributed by atoms with E-state index >= 15 is 0 Å². The average molecular weight is 723 g/mol. The number of piperidine rings is 4. The monoisotopic (exact) mass is 722 g/mol. The van der Waals surface area contributed by atoms with Crippen molar-refractivity contribution in [2.75, 3.05) is 64.2 Å². The number of aromatic hydroxyl groups is 1. The molecule has 0 saturated carbocycles. The summed E-state index contributed by atoms with van der Waals surface area (Å²) in [5.41, 5.74) is -0.0658. The van der Waals surface area contributed by atoms with Crippen LogP contribution >= 0.6 is 22.9 Å². The molecule has 0 aliphatic carbocycles. The second-order valence-electron chi connectivity index (χ2n) is 14.1. The van der Waals surface area contributed by atoms with Gasteiger partial charge < -0.3 is 24.7 Å². The lowest BCUT2D eigenvalue weighted by Gasteiger charge is -2.51. The van der Waals surface area contributed by atoms with Gasteiger partial charge in [-0.05, 0) is 80.3 Å². The zero-order chi connectivity index (χ0) is 34.4. The van der Waals surface area contributed by atoms with Crippen molar-refractivity contribution in [1.29, 1.82) is 0 Å². The molecule has 6 aliphatic heterocycles. The molecular weight excluding hydrogens is 681 g/mol. The van der Waals surface area contributed by atoms with Crippen LogP contribution in [-0.4, -0.2) is 118 Å². The molecule has 2 bridgehead atoms. The fourth-order valence-corrected chi connectivity index (χ4v) is 9.50. The highest BCUT2D eigenvalue weighted by atomic mass is 35.5. The third-order valence-electron chi connectivity index (χ3n) is 11.2. The number of benzene rings is 1. The highest BCUT2D eigenvalue weighted by Crippen LogP contribution is 2.41. The summed E-state index contributed by atoms with van der Waals surface area (Å²) in [6.45, 7) is 7.09. The Morgan fingerprint density at radius 3 is 2.37 bits per heavy atom. The summed E-state index contributed by atoms with van der Waals surface area (Å²) in [5, 5.41) is 15.3. The molecule has 2 aromatic rings. The maximum atomic E-state index is 14.1. The summed E-state index contributed by atoms with van der Waals surface area (Å²) >= 11 is 7.52. The highest BCUT2D eigenvalue weighted by Gasteiger charge is 2.41. The Balaban J connectivity index is 1.03. The van der Waals surface area contributed by atoms with Crippen molar-refractivity contribution in [2.24, 2.45) is 11.8 Å². The Hall–Kier alpha value is -3.07. The van der Waals surface area contributed by atoms with E-state index in [0.29, 0.717) is 57.5 Å². The number of fused-ring (bicyclic) bond motifs is 4. The van der Waals surface area contributed by atoms with Gasteiger partial charge in [-0.2, -0.15) is 13.2 Å². The van der Waals surface area contributed by atoms with Gasteiger partial charge in [-0.3, -0.25) is 19.8 Å². The molecule has 1 aromatic carbocycles. The summed E-state index contributed by atoms with van der Waals surface area (Å²) in [4.78, 5) is 50.9. The maximum absolute atomic E-state index is 14.1. The zero-order valence-electron chi connectivity index (χ0n) is 27.3. The van der Waals surface area contributed by atoms with Crippen LogP contribution in [0.2, 0.25) is 5.02 Å². The van der Waals surface area contributed by atoms with Crippen molar-refractivity contribution in [3.05, 3.63) is 45.3 Å². The number of hydrogen-bond donors (Lipinski definition) is 2. The first-order valence-electron chi connectivity index (χ1n) is 17.2. The number of thiophene rings is 1. The number of urea groups is 1. The van der Waals surface area contributed by atoms with Crippen molar-refractivity contribution in [3.8, 4) is 5.75 Å². The van der Waals surface area contributed by atoms with Crippen molar-refractivity contribution in [2.45, 2.75) is 63.3 Å². The highest BCUT2D eigenvalue weighted by molar-refractivity contribution is 7.14. The molecular formula is C34H42ClF3N6O4S. The number of rotatable bonds is 7. The van der Waals surface area contributed by atoms with Crippen LogP contribution in [0, 0.1) is 11.8 Å². The molecule has 5 fully saturated rings. The van der Waals surface area contributed by atoms with Crippen LogP contribution in [0.3, 0.4) is 0 Å². The number of nitrogens with one attached hydrogen (secondary N) is 1. The van der Waals surface area contributed by atoms with Crippen LogP contribution < -0.4 is 5.32 Å². The first kappa shape index (κ1) is 34.4. The molecule has 8 rings (SSSR count). The summed E-state index contributed by atoms with van der Waals surface area (Å²) in [6, 6.07) is 4.36. The fourth-order valence-electron chi connectivity index (χ4n) is 8.46. The van der Waals surface area contributed by atoms with Gasteiger partial charge in [0, 0.05) is 69.9 Å². The van der Waals surface area contributed by atoms with Crippen LogP contribution in [-0.2, 0) is 28.7 Å². The normalized spacial score (nSPS) is 25.7. The Morgan fingerprint density at radius 1 is 1.00 bits per heavy atom. The molecule has 7 heterocycles. The molecule has 1 aromatic heterocycles. The average Bonchev–Trinajstić information content (AvgIpc) is 3.56. The van der Waals surface area contributed by atoms with Crippen molar-refractivity contribution < 1.29 is 32.7 Å². The molecule has 2 N–H and O–H groups in total. The molecule has 15 heteroatoms. The predicted octanol–water partition coefficient (Wildman–Crippen LogP) is 4.95.